The maximum absolute atomic E-state index is 4.61. The Labute approximate surface area is 126 Å². The second kappa shape index (κ2) is 5.62. The maximum Gasteiger partial charge on any atom is 0.185 e. The van der Waals surface area contributed by atoms with E-state index in [-0.39, 0.29) is 5.54 Å². The molecule has 2 aliphatic rings. The Morgan fingerprint density at radius 2 is 1.95 bits per heavy atom. The van der Waals surface area contributed by atoms with Crippen LogP contribution in [0.1, 0.15) is 38.5 Å². The van der Waals surface area contributed by atoms with E-state index in [1.54, 1.807) is 0 Å². The molecule has 4 nitrogen and oxygen atoms in total. The average Bonchev–Trinajstić information content (AvgIpc) is 3.13. The second-order valence-corrected chi connectivity index (χ2v) is 8.00. The van der Waals surface area contributed by atoms with Crippen LogP contribution in [0.3, 0.4) is 0 Å². The average molecular weight is 294 g/mol. The van der Waals surface area contributed by atoms with Crippen molar-refractivity contribution >= 4 is 16.5 Å². The van der Waals surface area contributed by atoms with Gasteiger partial charge in [-0.05, 0) is 33.6 Å². The van der Waals surface area contributed by atoms with Crippen LogP contribution in [-0.4, -0.2) is 47.6 Å². The zero-order valence-corrected chi connectivity index (χ0v) is 13.7. The molecule has 1 aromatic rings. The molecule has 3 rings (SSSR count). The first-order chi connectivity index (χ1) is 9.52. The predicted octanol–water partition coefficient (Wildman–Crippen LogP) is 2.32. The third-order valence-electron chi connectivity index (χ3n) is 4.18. The van der Waals surface area contributed by atoms with Gasteiger partial charge in [-0.1, -0.05) is 0 Å². The minimum absolute atomic E-state index is 0.286. The Kier molecular flexibility index (Phi) is 4.02. The van der Waals surface area contributed by atoms with Crippen molar-refractivity contribution in [3.05, 3.63) is 11.1 Å². The molecular formula is C15H26N4S. The molecule has 1 aliphatic carbocycles. The summed E-state index contributed by atoms with van der Waals surface area (Å²) in [4.78, 5) is 11.0. The molecule has 0 atom stereocenters. The largest absolute Gasteiger partial charge is 0.346 e. The first-order valence-corrected chi connectivity index (χ1v) is 8.52. The number of piperazine rings is 1. The SMILES string of the molecule is CC(C)(C)N1CCN(c2ncc(CNC3CC3)s2)CC1. The molecule has 1 N–H and O–H groups in total. The quantitative estimate of drug-likeness (QED) is 0.923. The molecule has 2 heterocycles. The Hall–Kier alpha value is -0.650. The van der Waals surface area contributed by atoms with Gasteiger partial charge >= 0.3 is 0 Å². The molecule has 5 heteroatoms. The second-order valence-electron chi connectivity index (χ2n) is 6.91. The monoisotopic (exact) mass is 294 g/mol. The van der Waals surface area contributed by atoms with E-state index in [4.69, 9.17) is 0 Å². The van der Waals surface area contributed by atoms with Crippen LogP contribution in [-0.2, 0) is 6.54 Å². The molecule has 1 saturated carbocycles. The van der Waals surface area contributed by atoms with Gasteiger partial charge in [0.25, 0.3) is 0 Å². The molecule has 2 fully saturated rings. The molecule has 112 valence electrons. The topological polar surface area (TPSA) is 31.4 Å². The molecule has 0 aromatic carbocycles. The van der Waals surface area contributed by atoms with Crippen molar-refractivity contribution in [2.24, 2.45) is 0 Å². The van der Waals surface area contributed by atoms with Crippen molar-refractivity contribution in [3.8, 4) is 0 Å². The molecule has 0 spiro atoms. The molecule has 1 saturated heterocycles. The molecular weight excluding hydrogens is 268 g/mol. The summed E-state index contributed by atoms with van der Waals surface area (Å²) in [5.41, 5.74) is 0.286. The molecule has 0 unspecified atom stereocenters. The van der Waals surface area contributed by atoms with E-state index in [0.717, 1.165) is 38.8 Å². The summed E-state index contributed by atoms with van der Waals surface area (Å²) in [6.07, 6.45) is 4.74. The minimum Gasteiger partial charge on any atom is -0.346 e. The minimum atomic E-state index is 0.286. The fraction of sp³-hybridized carbons (Fsp3) is 0.800. The number of anilines is 1. The summed E-state index contributed by atoms with van der Waals surface area (Å²) in [7, 11) is 0. The molecule has 0 amide bonds. The number of hydrogen-bond acceptors (Lipinski definition) is 5. The fourth-order valence-electron chi connectivity index (χ4n) is 2.63. The van der Waals surface area contributed by atoms with Gasteiger partial charge in [-0.25, -0.2) is 4.98 Å². The van der Waals surface area contributed by atoms with E-state index < -0.39 is 0 Å². The lowest BCUT2D eigenvalue weighted by Gasteiger charge is -2.42. The van der Waals surface area contributed by atoms with Crippen LogP contribution in [0.25, 0.3) is 0 Å². The van der Waals surface area contributed by atoms with E-state index in [2.05, 4.69) is 40.9 Å². The summed E-state index contributed by atoms with van der Waals surface area (Å²) < 4.78 is 0. The zero-order chi connectivity index (χ0) is 14.2. The summed E-state index contributed by atoms with van der Waals surface area (Å²) in [6, 6.07) is 0.774. The molecule has 20 heavy (non-hydrogen) atoms. The lowest BCUT2D eigenvalue weighted by atomic mass is 10.1. The Morgan fingerprint density at radius 1 is 1.25 bits per heavy atom. The highest BCUT2D eigenvalue weighted by molar-refractivity contribution is 7.15. The van der Waals surface area contributed by atoms with Crippen LogP contribution < -0.4 is 10.2 Å². The third-order valence-corrected chi connectivity index (χ3v) is 5.24. The van der Waals surface area contributed by atoms with Crippen LogP contribution in [0.4, 0.5) is 5.13 Å². The fourth-order valence-corrected chi connectivity index (χ4v) is 3.54. The van der Waals surface area contributed by atoms with Gasteiger partial charge in [0, 0.05) is 55.4 Å². The summed E-state index contributed by atoms with van der Waals surface area (Å²) in [5.74, 6) is 0. The van der Waals surface area contributed by atoms with Crippen LogP contribution in [0.2, 0.25) is 0 Å². The van der Waals surface area contributed by atoms with Gasteiger partial charge in [0.15, 0.2) is 5.13 Å². The first-order valence-electron chi connectivity index (χ1n) is 7.70. The lowest BCUT2D eigenvalue weighted by molar-refractivity contribution is 0.128. The van der Waals surface area contributed by atoms with Gasteiger partial charge in [0.1, 0.15) is 0 Å². The number of nitrogens with one attached hydrogen (secondary N) is 1. The molecule has 1 aliphatic heterocycles. The van der Waals surface area contributed by atoms with E-state index in [1.807, 2.05) is 17.5 Å². The predicted molar refractivity (Wildman–Crippen MR) is 85.5 cm³/mol. The van der Waals surface area contributed by atoms with Gasteiger partial charge in [-0.3, -0.25) is 4.90 Å². The molecule has 1 aromatic heterocycles. The van der Waals surface area contributed by atoms with Crippen LogP contribution in [0.15, 0.2) is 6.20 Å². The van der Waals surface area contributed by atoms with Crippen LogP contribution >= 0.6 is 11.3 Å². The highest BCUT2D eigenvalue weighted by Gasteiger charge is 2.27. The number of thiazole rings is 1. The smallest absolute Gasteiger partial charge is 0.185 e. The van der Waals surface area contributed by atoms with E-state index in [0.29, 0.717) is 0 Å². The third kappa shape index (κ3) is 3.51. The van der Waals surface area contributed by atoms with E-state index in [9.17, 15) is 0 Å². The van der Waals surface area contributed by atoms with Crippen LogP contribution in [0.5, 0.6) is 0 Å². The van der Waals surface area contributed by atoms with Gasteiger partial charge in [-0.2, -0.15) is 0 Å². The molecule has 0 radical (unpaired) electrons. The van der Waals surface area contributed by atoms with Gasteiger partial charge in [0.05, 0.1) is 0 Å². The number of aromatic nitrogens is 1. The van der Waals surface area contributed by atoms with Crippen molar-refractivity contribution < 1.29 is 0 Å². The van der Waals surface area contributed by atoms with Gasteiger partial charge in [0.2, 0.25) is 0 Å². The lowest BCUT2D eigenvalue weighted by Crippen LogP contribution is -2.53. The van der Waals surface area contributed by atoms with Gasteiger partial charge in [-0.15, -0.1) is 11.3 Å². The molecule has 0 bridgehead atoms. The number of nitrogens with zero attached hydrogens (tertiary/aromatic N) is 3. The number of rotatable bonds is 4. The normalized spacial score (nSPS) is 21.4. The standard InChI is InChI=1S/C15H26N4S/c1-15(2,3)19-8-6-18(7-9-19)14-17-11-13(20-14)10-16-12-4-5-12/h11-12,16H,4-10H2,1-3H3. The summed E-state index contributed by atoms with van der Waals surface area (Å²) in [5, 5.41) is 4.76. The van der Waals surface area contributed by atoms with Crippen molar-refractivity contribution in [1.82, 2.24) is 15.2 Å². The van der Waals surface area contributed by atoms with E-state index >= 15 is 0 Å². The maximum atomic E-state index is 4.61. The Morgan fingerprint density at radius 3 is 2.55 bits per heavy atom. The highest BCUT2D eigenvalue weighted by Crippen LogP contribution is 2.26. The zero-order valence-electron chi connectivity index (χ0n) is 12.9. The van der Waals surface area contributed by atoms with Crippen molar-refractivity contribution in [3.63, 3.8) is 0 Å². The van der Waals surface area contributed by atoms with Crippen molar-refractivity contribution in [2.75, 3.05) is 31.1 Å². The van der Waals surface area contributed by atoms with E-state index in [1.165, 1.54) is 22.9 Å². The van der Waals surface area contributed by atoms with Crippen LogP contribution in [0, 0.1) is 0 Å². The first kappa shape index (κ1) is 14.3. The van der Waals surface area contributed by atoms with Gasteiger partial charge < -0.3 is 10.2 Å². The Bertz CT molecular complexity index is 439. The summed E-state index contributed by atoms with van der Waals surface area (Å²) >= 11 is 1.85. The Balaban J connectivity index is 1.52. The van der Waals surface area contributed by atoms with Crippen molar-refractivity contribution in [2.45, 2.75) is 51.7 Å². The highest BCUT2D eigenvalue weighted by atomic mass is 32.1. The summed E-state index contributed by atoms with van der Waals surface area (Å²) in [6.45, 7) is 12.4. The van der Waals surface area contributed by atoms with Crippen molar-refractivity contribution in [1.29, 1.82) is 0 Å². The number of hydrogen-bond donors (Lipinski definition) is 1.